The zero-order chi connectivity index (χ0) is 22.8. The van der Waals surface area contributed by atoms with Crippen molar-refractivity contribution in [1.29, 1.82) is 0 Å². The van der Waals surface area contributed by atoms with Crippen LogP contribution in [0.15, 0.2) is 24.3 Å². The van der Waals surface area contributed by atoms with E-state index in [4.69, 9.17) is 15.2 Å². The van der Waals surface area contributed by atoms with Crippen molar-refractivity contribution in [3.8, 4) is 5.75 Å². The summed E-state index contributed by atoms with van der Waals surface area (Å²) in [5.74, 6) is -1.68. The molecule has 0 spiro atoms. The van der Waals surface area contributed by atoms with Gasteiger partial charge in [-0.3, -0.25) is 9.59 Å². The molecule has 0 heterocycles. The van der Waals surface area contributed by atoms with Gasteiger partial charge in [-0.25, -0.2) is 9.59 Å². The van der Waals surface area contributed by atoms with E-state index in [2.05, 4.69) is 10.1 Å². The number of amides is 1. The SMILES string of the molecule is CC(COC(=O)c1ccc(OC=O)cc1)OC(=O)C(NC(=O)C(N)C(C)C)C(C)C. The summed E-state index contributed by atoms with van der Waals surface area (Å²) in [6, 6.07) is 4.19. The Kier molecular flexibility index (Phi) is 9.97. The molecule has 1 amide bonds. The molecule has 0 aliphatic rings. The second-order valence-electron chi connectivity index (χ2n) is 7.58. The summed E-state index contributed by atoms with van der Waals surface area (Å²) < 4.78 is 15.1. The van der Waals surface area contributed by atoms with Crippen molar-refractivity contribution >= 4 is 24.3 Å². The maximum Gasteiger partial charge on any atom is 0.338 e. The molecule has 0 fully saturated rings. The molecule has 9 nitrogen and oxygen atoms in total. The van der Waals surface area contributed by atoms with Gasteiger partial charge in [0.05, 0.1) is 11.6 Å². The molecule has 0 aliphatic carbocycles. The molecule has 3 N–H and O–H groups in total. The Hall–Kier alpha value is -2.94. The molecule has 1 rings (SSSR count). The van der Waals surface area contributed by atoms with Crippen LogP contribution in [0.25, 0.3) is 0 Å². The van der Waals surface area contributed by atoms with Crippen molar-refractivity contribution in [2.75, 3.05) is 6.61 Å². The summed E-state index contributed by atoms with van der Waals surface area (Å²) in [4.78, 5) is 47.0. The fourth-order valence-corrected chi connectivity index (χ4v) is 2.36. The Bertz CT molecular complexity index is 731. The first kappa shape index (κ1) is 25.1. The van der Waals surface area contributed by atoms with Gasteiger partial charge in [-0.2, -0.15) is 0 Å². The van der Waals surface area contributed by atoms with Crippen molar-refractivity contribution in [3.05, 3.63) is 29.8 Å². The minimum atomic E-state index is -0.870. The molecule has 3 unspecified atom stereocenters. The standard InChI is InChI=1S/C21H30N2O7/c1-12(2)17(22)19(25)23-18(13(3)4)21(27)30-14(5)10-28-20(26)15-6-8-16(9-7-15)29-11-24/h6-9,11-14,17-18H,10,22H2,1-5H3,(H,23,25). The Balaban J connectivity index is 2.59. The minimum Gasteiger partial charge on any atom is -0.458 e. The molecule has 0 aliphatic heterocycles. The molecule has 1 aromatic rings. The van der Waals surface area contributed by atoms with E-state index in [1.54, 1.807) is 20.8 Å². The van der Waals surface area contributed by atoms with Gasteiger partial charge in [0.2, 0.25) is 5.91 Å². The van der Waals surface area contributed by atoms with Crippen LogP contribution in [0, 0.1) is 11.8 Å². The predicted octanol–water partition coefficient (Wildman–Crippen LogP) is 1.43. The largest absolute Gasteiger partial charge is 0.458 e. The second-order valence-corrected chi connectivity index (χ2v) is 7.58. The van der Waals surface area contributed by atoms with E-state index in [1.165, 1.54) is 24.3 Å². The van der Waals surface area contributed by atoms with Crippen LogP contribution in [0.4, 0.5) is 0 Å². The highest BCUT2D eigenvalue weighted by Gasteiger charge is 2.29. The van der Waals surface area contributed by atoms with Gasteiger partial charge in [-0.05, 0) is 43.0 Å². The van der Waals surface area contributed by atoms with Gasteiger partial charge in [0.25, 0.3) is 6.47 Å². The zero-order valence-corrected chi connectivity index (χ0v) is 17.9. The van der Waals surface area contributed by atoms with Crippen LogP contribution < -0.4 is 15.8 Å². The number of rotatable bonds is 11. The molecule has 0 saturated carbocycles. The summed E-state index contributed by atoms with van der Waals surface area (Å²) in [6.45, 7) is 8.86. The summed E-state index contributed by atoms with van der Waals surface area (Å²) >= 11 is 0. The van der Waals surface area contributed by atoms with Crippen molar-refractivity contribution in [1.82, 2.24) is 5.32 Å². The monoisotopic (exact) mass is 422 g/mol. The van der Waals surface area contributed by atoms with E-state index < -0.39 is 36.0 Å². The highest BCUT2D eigenvalue weighted by atomic mass is 16.6. The van der Waals surface area contributed by atoms with Gasteiger partial charge >= 0.3 is 11.9 Å². The van der Waals surface area contributed by atoms with Gasteiger partial charge in [-0.1, -0.05) is 27.7 Å². The van der Waals surface area contributed by atoms with E-state index in [0.29, 0.717) is 5.75 Å². The lowest BCUT2D eigenvalue weighted by Gasteiger charge is -2.25. The lowest BCUT2D eigenvalue weighted by Crippen LogP contribution is -2.53. The number of hydrogen-bond acceptors (Lipinski definition) is 8. The van der Waals surface area contributed by atoms with Gasteiger partial charge in [0.15, 0.2) is 0 Å². The fraction of sp³-hybridized carbons (Fsp3) is 0.524. The van der Waals surface area contributed by atoms with E-state index >= 15 is 0 Å². The quantitative estimate of drug-likeness (QED) is 0.404. The zero-order valence-electron chi connectivity index (χ0n) is 17.9. The van der Waals surface area contributed by atoms with Crippen LogP contribution in [0.1, 0.15) is 45.0 Å². The number of benzene rings is 1. The highest BCUT2D eigenvalue weighted by Crippen LogP contribution is 2.13. The maximum absolute atomic E-state index is 12.5. The molecule has 0 aromatic heterocycles. The first-order chi connectivity index (χ1) is 14.1. The first-order valence-electron chi connectivity index (χ1n) is 9.70. The number of nitrogens with one attached hydrogen (secondary N) is 1. The molecule has 0 saturated heterocycles. The van der Waals surface area contributed by atoms with Gasteiger partial charge < -0.3 is 25.3 Å². The predicted molar refractivity (Wildman–Crippen MR) is 109 cm³/mol. The molecule has 0 radical (unpaired) electrons. The molecule has 3 atom stereocenters. The first-order valence-corrected chi connectivity index (χ1v) is 9.70. The van der Waals surface area contributed by atoms with E-state index in [9.17, 15) is 19.2 Å². The number of ether oxygens (including phenoxy) is 3. The third-order valence-electron chi connectivity index (χ3n) is 4.28. The van der Waals surface area contributed by atoms with Crippen LogP contribution in [0.3, 0.4) is 0 Å². The molecule has 166 valence electrons. The Morgan fingerprint density at radius 1 is 1.03 bits per heavy atom. The molecule has 9 heteroatoms. The molecular formula is C21H30N2O7. The van der Waals surface area contributed by atoms with Gasteiger partial charge in [-0.15, -0.1) is 0 Å². The van der Waals surface area contributed by atoms with E-state index in [-0.39, 0.29) is 30.5 Å². The third-order valence-corrected chi connectivity index (χ3v) is 4.28. The number of carbonyl (C=O) groups is 4. The second kappa shape index (κ2) is 11.9. The Morgan fingerprint density at radius 3 is 2.13 bits per heavy atom. The van der Waals surface area contributed by atoms with Crippen molar-refractivity contribution in [2.45, 2.75) is 52.8 Å². The van der Waals surface area contributed by atoms with Gasteiger partial charge in [0.1, 0.15) is 24.5 Å². The Morgan fingerprint density at radius 2 is 1.63 bits per heavy atom. The van der Waals surface area contributed by atoms with E-state index in [0.717, 1.165) is 0 Å². The average Bonchev–Trinajstić information content (AvgIpc) is 2.69. The minimum absolute atomic E-state index is 0.0776. The summed E-state index contributed by atoms with van der Waals surface area (Å²) in [7, 11) is 0. The van der Waals surface area contributed by atoms with Crippen molar-refractivity contribution < 1.29 is 33.4 Å². The average molecular weight is 422 g/mol. The lowest BCUT2D eigenvalue weighted by molar-refractivity contribution is -0.155. The highest BCUT2D eigenvalue weighted by molar-refractivity contribution is 5.89. The number of carbonyl (C=O) groups excluding carboxylic acids is 4. The Labute approximate surface area is 176 Å². The van der Waals surface area contributed by atoms with Crippen LogP contribution in [0.2, 0.25) is 0 Å². The van der Waals surface area contributed by atoms with Crippen LogP contribution in [0.5, 0.6) is 5.75 Å². The molecule has 30 heavy (non-hydrogen) atoms. The molecule has 0 bridgehead atoms. The maximum atomic E-state index is 12.5. The normalized spacial score (nSPS) is 13.9. The van der Waals surface area contributed by atoms with E-state index in [1.807, 2.05) is 13.8 Å². The van der Waals surface area contributed by atoms with Crippen molar-refractivity contribution in [3.63, 3.8) is 0 Å². The number of esters is 2. The summed E-state index contributed by atoms with van der Waals surface area (Å²) in [5, 5.41) is 2.63. The third kappa shape index (κ3) is 7.82. The smallest absolute Gasteiger partial charge is 0.338 e. The summed E-state index contributed by atoms with van der Waals surface area (Å²) in [5.41, 5.74) is 6.08. The number of hydrogen-bond donors (Lipinski definition) is 2. The molecular weight excluding hydrogens is 392 g/mol. The van der Waals surface area contributed by atoms with Crippen LogP contribution >= 0.6 is 0 Å². The number of nitrogens with two attached hydrogens (primary N) is 1. The molecule has 1 aromatic carbocycles. The van der Waals surface area contributed by atoms with Crippen LogP contribution in [-0.2, 0) is 23.9 Å². The topological polar surface area (TPSA) is 134 Å². The van der Waals surface area contributed by atoms with Gasteiger partial charge in [0, 0.05) is 0 Å². The van der Waals surface area contributed by atoms with Crippen LogP contribution in [-0.4, -0.2) is 49.1 Å². The fourth-order valence-electron chi connectivity index (χ4n) is 2.36. The lowest BCUT2D eigenvalue weighted by atomic mass is 10.0. The van der Waals surface area contributed by atoms with Crippen molar-refractivity contribution in [2.24, 2.45) is 17.6 Å². The summed E-state index contributed by atoms with van der Waals surface area (Å²) in [6.07, 6.45) is -0.726.